The van der Waals surface area contributed by atoms with E-state index >= 15 is 0 Å². The Hall–Kier alpha value is -3.16. The number of oxazole rings is 1. The van der Waals surface area contributed by atoms with E-state index in [0.29, 0.717) is 23.6 Å². The number of aryl methyl sites for hydroxylation is 2. The van der Waals surface area contributed by atoms with Gasteiger partial charge in [-0.3, -0.25) is 4.55 Å². The molecule has 3 aromatic carbocycles. The number of fused-ring (bicyclic) bond motifs is 4. The fourth-order valence-electron chi connectivity index (χ4n) is 4.10. The molecule has 0 aliphatic heterocycles. The number of nitrogens with zero attached hydrogens (tertiary/aromatic N) is 1. The Bertz CT molecular complexity index is 1480. The molecule has 1 N–H and O–H groups in total. The van der Waals surface area contributed by atoms with Crippen LogP contribution in [0.15, 0.2) is 75.6 Å². The van der Waals surface area contributed by atoms with Crippen LogP contribution in [0.3, 0.4) is 0 Å². The quantitative estimate of drug-likeness (QED) is 0.320. The monoisotopic (exact) mass is 422 g/mol. The van der Waals surface area contributed by atoms with Gasteiger partial charge in [-0.25, -0.2) is 0 Å². The van der Waals surface area contributed by atoms with Crippen LogP contribution in [-0.2, 0) is 16.7 Å². The molecule has 2 aromatic heterocycles. The van der Waals surface area contributed by atoms with E-state index in [2.05, 4.69) is 0 Å². The Morgan fingerprint density at radius 2 is 1.63 bits per heavy atom. The lowest BCUT2D eigenvalue weighted by molar-refractivity contribution is -0.683. The number of hydrogen-bond donors (Lipinski definition) is 1. The molecular formula is C23H20NO5S+. The van der Waals surface area contributed by atoms with Crippen LogP contribution in [0, 0.1) is 6.92 Å². The van der Waals surface area contributed by atoms with E-state index in [1.807, 2.05) is 54.0 Å². The van der Waals surface area contributed by atoms with Crippen molar-refractivity contribution in [2.45, 2.75) is 25.1 Å². The van der Waals surface area contributed by atoms with Gasteiger partial charge in [-0.2, -0.15) is 13.0 Å². The van der Waals surface area contributed by atoms with Crippen molar-refractivity contribution >= 4 is 43.2 Å². The first-order chi connectivity index (χ1) is 14.4. The molecule has 6 nitrogen and oxygen atoms in total. The first-order valence-corrected chi connectivity index (χ1v) is 11.2. The first kappa shape index (κ1) is 18.8. The largest absolute Gasteiger partial charge is 0.456 e. The van der Waals surface area contributed by atoms with E-state index in [0.717, 1.165) is 27.5 Å². The molecule has 0 saturated carbocycles. The Balaban J connectivity index is 1.58. The summed E-state index contributed by atoms with van der Waals surface area (Å²) in [6.45, 7) is 2.21. The predicted molar refractivity (Wildman–Crippen MR) is 114 cm³/mol. The summed E-state index contributed by atoms with van der Waals surface area (Å²) in [5.41, 5.74) is 3.63. The Kier molecular flexibility index (Phi) is 4.38. The van der Waals surface area contributed by atoms with Gasteiger partial charge >= 0.3 is 5.89 Å². The van der Waals surface area contributed by atoms with E-state index in [-0.39, 0.29) is 6.42 Å². The molecule has 0 fully saturated rings. The summed E-state index contributed by atoms with van der Waals surface area (Å²) >= 11 is 0. The molecule has 152 valence electrons. The lowest BCUT2D eigenvalue weighted by atomic mass is 10.1. The van der Waals surface area contributed by atoms with Crippen LogP contribution in [0.4, 0.5) is 0 Å². The summed E-state index contributed by atoms with van der Waals surface area (Å²) in [7, 11) is -4.25. The van der Waals surface area contributed by atoms with Gasteiger partial charge in [-0.15, -0.1) is 0 Å². The number of hydrogen-bond acceptors (Lipinski definition) is 4. The van der Waals surface area contributed by atoms with E-state index in [4.69, 9.17) is 8.83 Å². The van der Waals surface area contributed by atoms with Gasteiger partial charge in [0.2, 0.25) is 5.58 Å². The molecule has 30 heavy (non-hydrogen) atoms. The van der Waals surface area contributed by atoms with Gasteiger partial charge in [0.25, 0.3) is 15.6 Å². The minimum Gasteiger partial charge on any atom is -0.456 e. The summed E-state index contributed by atoms with van der Waals surface area (Å²) in [5, 5.41) is 0.982. The second-order valence-electron chi connectivity index (χ2n) is 7.39. The zero-order valence-corrected chi connectivity index (χ0v) is 17.1. The topological polar surface area (TPSA) is 84.5 Å². The molecule has 0 amide bonds. The molecule has 0 bridgehead atoms. The number of rotatable bonds is 5. The van der Waals surface area contributed by atoms with Gasteiger partial charge in [0, 0.05) is 29.3 Å². The smallest absolute Gasteiger partial charge is 0.344 e. The van der Waals surface area contributed by atoms with Crippen LogP contribution in [0.5, 0.6) is 0 Å². The van der Waals surface area contributed by atoms with E-state index in [1.54, 1.807) is 24.3 Å². The molecule has 1 unspecified atom stereocenters. The average Bonchev–Trinajstić information content (AvgIpc) is 3.22. The second kappa shape index (κ2) is 6.97. The molecule has 0 spiro atoms. The van der Waals surface area contributed by atoms with Gasteiger partial charge in [-0.05, 0) is 11.6 Å². The number of aromatic nitrogens is 1. The van der Waals surface area contributed by atoms with Gasteiger partial charge in [0.15, 0.2) is 6.54 Å². The minimum atomic E-state index is -4.25. The normalized spacial score (nSPS) is 13.4. The highest BCUT2D eigenvalue weighted by Gasteiger charge is 2.29. The van der Waals surface area contributed by atoms with Crippen LogP contribution in [0.2, 0.25) is 0 Å². The Labute approximate surface area is 173 Å². The highest BCUT2D eigenvalue weighted by atomic mass is 32.2. The summed E-state index contributed by atoms with van der Waals surface area (Å²) in [5.74, 6) is 0.657. The maximum absolute atomic E-state index is 12.0. The standard InChI is InChI=1S/C23H19NO5S/c1-15-24(12-11-23(30(25,26)27)16-7-3-2-4-8-16)19-13-18-17-9-5-6-10-20(17)29-21(18)14-22(19)28-15/h2-10,13-14,23H,11-12H2,1H3/p+1. The average molecular weight is 422 g/mol. The molecule has 0 radical (unpaired) electrons. The second-order valence-corrected chi connectivity index (χ2v) is 8.99. The van der Waals surface area contributed by atoms with Crippen molar-refractivity contribution < 1.29 is 26.4 Å². The van der Waals surface area contributed by atoms with E-state index in [9.17, 15) is 13.0 Å². The van der Waals surface area contributed by atoms with Gasteiger partial charge in [0.05, 0.1) is 6.92 Å². The van der Waals surface area contributed by atoms with Gasteiger partial charge in [0.1, 0.15) is 16.4 Å². The van der Waals surface area contributed by atoms with Crippen molar-refractivity contribution in [3.63, 3.8) is 0 Å². The van der Waals surface area contributed by atoms with E-state index < -0.39 is 15.4 Å². The zero-order chi connectivity index (χ0) is 20.9. The van der Waals surface area contributed by atoms with Crippen molar-refractivity contribution in [3.8, 4) is 0 Å². The highest BCUT2D eigenvalue weighted by molar-refractivity contribution is 7.86. The summed E-state index contributed by atoms with van der Waals surface area (Å²) in [6, 6.07) is 20.5. The summed E-state index contributed by atoms with van der Waals surface area (Å²) in [4.78, 5) is 0. The molecule has 0 saturated heterocycles. The molecule has 5 aromatic rings. The molecule has 0 aliphatic carbocycles. The van der Waals surface area contributed by atoms with Crippen molar-refractivity contribution in [2.75, 3.05) is 0 Å². The number of benzene rings is 3. The van der Waals surface area contributed by atoms with Crippen molar-refractivity contribution in [1.82, 2.24) is 0 Å². The van der Waals surface area contributed by atoms with E-state index in [1.165, 1.54) is 0 Å². The first-order valence-electron chi connectivity index (χ1n) is 9.67. The number of para-hydroxylation sites is 1. The summed E-state index contributed by atoms with van der Waals surface area (Å²) < 4.78 is 47.7. The molecule has 5 rings (SSSR count). The van der Waals surface area contributed by atoms with Crippen LogP contribution >= 0.6 is 0 Å². The van der Waals surface area contributed by atoms with Crippen molar-refractivity contribution in [3.05, 3.63) is 78.2 Å². The highest BCUT2D eigenvalue weighted by Crippen LogP contribution is 2.32. The van der Waals surface area contributed by atoms with Gasteiger partial charge < -0.3 is 8.83 Å². The van der Waals surface area contributed by atoms with Crippen molar-refractivity contribution in [1.29, 1.82) is 0 Å². The maximum atomic E-state index is 12.0. The van der Waals surface area contributed by atoms with Crippen LogP contribution in [-0.4, -0.2) is 13.0 Å². The third kappa shape index (κ3) is 3.16. The Morgan fingerprint density at radius 1 is 0.900 bits per heavy atom. The molecular weight excluding hydrogens is 402 g/mol. The third-order valence-corrected chi connectivity index (χ3v) is 6.76. The van der Waals surface area contributed by atoms with Crippen molar-refractivity contribution in [2.24, 2.45) is 0 Å². The fraction of sp³-hybridized carbons (Fsp3) is 0.174. The summed E-state index contributed by atoms with van der Waals surface area (Å²) in [6.07, 6.45) is 0.215. The van der Waals surface area contributed by atoms with Crippen LogP contribution < -0.4 is 4.57 Å². The third-order valence-electron chi connectivity index (χ3n) is 5.53. The minimum absolute atomic E-state index is 0.215. The lowest BCUT2D eigenvalue weighted by Crippen LogP contribution is -2.36. The molecule has 7 heteroatoms. The SMILES string of the molecule is Cc1oc2cc3oc4ccccc4c3cc2[n+]1CCC(c1ccccc1)S(=O)(=O)O. The molecule has 1 atom stereocenters. The maximum Gasteiger partial charge on any atom is 0.344 e. The molecule has 2 heterocycles. The van der Waals surface area contributed by atoms with Gasteiger partial charge in [-0.1, -0.05) is 48.5 Å². The number of furan rings is 1. The van der Waals surface area contributed by atoms with Crippen LogP contribution in [0.1, 0.15) is 23.1 Å². The molecule has 0 aliphatic rings. The van der Waals surface area contributed by atoms with Crippen LogP contribution in [0.25, 0.3) is 33.0 Å². The predicted octanol–water partition coefficient (Wildman–Crippen LogP) is 4.95. The zero-order valence-electron chi connectivity index (χ0n) is 16.3. The lowest BCUT2D eigenvalue weighted by Gasteiger charge is -2.12. The Morgan fingerprint density at radius 3 is 2.40 bits per heavy atom. The fourth-order valence-corrected chi connectivity index (χ4v) is 5.00.